The van der Waals surface area contributed by atoms with Crippen molar-refractivity contribution in [1.29, 1.82) is 0 Å². The lowest BCUT2D eigenvalue weighted by Crippen LogP contribution is -2.33. The largest absolute Gasteiger partial charge is 0.353 e. The van der Waals surface area contributed by atoms with Crippen LogP contribution in [0.1, 0.15) is 29.6 Å². The Morgan fingerprint density at radius 3 is 2.97 bits per heavy atom. The van der Waals surface area contributed by atoms with Gasteiger partial charge in [0.1, 0.15) is 5.69 Å². The van der Waals surface area contributed by atoms with Gasteiger partial charge in [-0.05, 0) is 57.6 Å². The summed E-state index contributed by atoms with van der Waals surface area (Å²) in [5.74, 6) is 0.564. The number of amides is 1. The number of rotatable bonds is 7. The third kappa shape index (κ3) is 5.46. The topological polar surface area (TPSA) is 73.4 Å². The summed E-state index contributed by atoms with van der Waals surface area (Å²) in [5, 5.41) is 7.89. The molecule has 5 rings (SSSR count). The maximum Gasteiger partial charge on any atom is 0.252 e. The van der Waals surface area contributed by atoms with Crippen molar-refractivity contribution in [3.05, 3.63) is 41.0 Å². The highest BCUT2D eigenvalue weighted by molar-refractivity contribution is 7.22. The van der Waals surface area contributed by atoms with E-state index in [1.165, 1.54) is 6.42 Å². The van der Waals surface area contributed by atoms with Crippen LogP contribution in [-0.4, -0.2) is 78.0 Å². The number of nitrogens with zero attached hydrogens (tertiary/aromatic N) is 4. The fourth-order valence-corrected chi connectivity index (χ4v) is 5.48. The van der Waals surface area contributed by atoms with E-state index in [0.29, 0.717) is 28.3 Å². The molecule has 1 aliphatic carbocycles. The van der Waals surface area contributed by atoms with Crippen molar-refractivity contribution in [2.45, 2.75) is 25.3 Å². The van der Waals surface area contributed by atoms with Gasteiger partial charge in [-0.15, -0.1) is 11.3 Å². The molecule has 0 spiro atoms. The summed E-state index contributed by atoms with van der Waals surface area (Å²) >= 11 is 8.08. The van der Waals surface area contributed by atoms with Gasteiger partial charge in [-0.25, -0.2) is 9.97 Å². The molecule has 1 saturated carbocycles. The lowest BCUT2D eigenvalue weighted by atomic mass is 10.1. The number of likely N-dealkylation sites (N-methyl/N-ethyl adjacent to an activating group) is 1. The van der Waals surface area contributed by atoms with Gasteiger partial charge in [-0.2, -0.15) is 0 Å². The molecule has 1 aromatic carbocycles. The molecule has 7 nitrogen and oxygen atoms in total. The third-order valence-corrected chi connectivity index (χ3v) is 7.60. The maximum absolute atomic E-state index is 12.7. The van der Waals surface area contributed by atoms with E-state index in [-0.39, 0.29) is 5.91 Å². The van der Waals surface area contributed by atoms with Crippen LogP contribution in [0.25, 0.3) is 20.7 Å². The van der Waals surface area contributed by atoms with Gasteiger partial charge in [-0.1, -0.05) is 17.7 Å². The Kier molecular flexibility index (Phi) is 6.78. The number of hydrogen-bond donors (Lipinski definition) is 2. The number of thiophene rings is 1. The Balaban J connectivity index is 1.31. The minimum absolute atomic E-state index is 0.0108. The summed E-state index contributed by atoms with van der Waals surface area (Å²) in [6, 6.07) is 8.19. The minimum Gasteiger partial charge on any atom is -0.353 e. The third-order valence-electron chi connectivity index (χ3n) is 6.22. The summed E-state index contributed by atoms with van der Waals surface area (Å²) in [6.45, 7) is 6.21. The first kappa shape index (κ1) is 22.5. The molecule has 2 aliphatic rings. The summed E-state index contributed by atoms with van der Waals surface area (Å²) < 4.78 is 1.05. The lowest BCUT2D eigenvalue weighted by molar-refractivity contribution is 0.0953. The Hall–Kier alpha value is -2.26. The molecule has 0 atom stereocenters. The van der Waals surface area contributed by atoms with Crippen molar-refractivity contribution in [3.63, 3.8) is 0 Å². The molecule has 3 aromatic rings. The number of carbonyl (C=O) groups excluding carboxylic acids is 1. The van der Waals surface area contributed by atoms with Crippen molar-refractivity contribution in [2.24, 2.45) is 0 Å². The summed E-state index contributed by atoms with van der Waals surface area (Å²) in [7, 11) is 2.18. The number of halogens is 1. The second-order valence-corrected chi connectivity index (χ2v) is 10.4. The molecule has 1 aliphatic heterocycles. The minimum atomic E-state index is -0.0108. The predicted molar refractivity (Wildman–Crippen MR) is 135 cm³/mol. The molecule has 0 unspecified atom stereocenters. The number of anilines is 1. The molecule has 33 heavy (non-hydrogen) atoms. The highest BCUT2D eigenvalue weighted by Gasteiger charge is 2.25. The van der Waals surface area contributed by atoms with Crippen molar-refractivity contribution in [3.8, 4) is 10.6 Å². The van der Waals surface area contributed by atoms with E-state index in [2.05, 4.69) is 32.5 Å². The van der Waals surface area contributed by atoms with Crippen LogP contribution in [0.5, 0.6) is 0 Å². The Labute approximate surface area is 203 Å². The molecular weight excluding hydrogens is 456 g/mol. The van der Waals surface area contributed by atoms with E-state index >= 15 is 0 Å². The fourth-order valence-electron chi connectivity index (χ4n) is 4.14. The Bertz CT molecular complexity index is 1150. The van der Waals surface area contributed by atoms with Crippen LogP contribution in [0.4, 0.5) is 5.95 Å². The number of aromatic nitrogens is 2. The second-order valence-electron chi connectivity index (χ2n) is 8.89. The summed E-state index contributed by atoms with van der Waals surface area (Å²) in [4.78, 5) is 27.6. The van der Waals surface area contributed by atoms with Gasteiger partial charge in [-0.3, -0.25) is 4.79 Å². The summed E-state index contributed by atoms with van der Waals surface area (Å²) in [5.41, 5.74) is 1.40. The molecule has 0 radical (unpaired) electrons. The smallest absolute Gasteiger partial charge is 0.252 e. The molecule has 174 valence electrons. The maximum atomic E-state index is 12.7. The monoisotopic (exact) mass is 484 g/mol. The Morgan fingerprint density at radius 2 is 2.12 bits per heavy atom. The van der Waals surface area contributed by atoms with Crippen LogP contribution in [0.2, 0.25) is 5.02 Å². The number of nitrogens with one attached hydrogen (secondary N) is 2. The normalized spacial score (nSPS) is 17.8. The van der Waals surface area contributed by atoms with E-state index in [1.54, 1.807) is 17.5 Å². The molecule has 0 bridgehead atoms. The van der Waals surface area contributed by atoms with Crippen LogP contribution < -0.4 is 10.6 Å². The number of fused-ring (bicyclic) bond motifs is 1. The van der Waals surface area contributed by atoms with Gasteiger partial charge in [0, 0.05) is 47.9 Å². The average Bonchev–Trinajstić information content (AvgIpc) is 3.55. The molecule has 3 heterocycles. The molecule has 2 fully saturated rings. The molecule has 2 N–H and O–H groups in total. The average molecular weight is 485 g/mol. The molecular formula is C24H29ClN6OS. The van der Waals surface area contributed by atoms with Crippen LogP contribution in [0, 0.1) is 0 Å². The highest BCUT2D eigenvalue weighted by Crippen LogP contribution is 2.37. The van der Waals surface area contributed by atoms with E-state index in [1.807, 2.05) is 24.3 Å². The SMILES string of the molecule is CN1CCCN(CCNc2ncc(Cl)c(-c3cc4c(C(=O)NC5CC5)cccc4s3)n2)CC1. The van der Waals surface area contributed by atoms with Crippen LogP contribution >= 0.6 is 22.9 Å². The standard InChI is InChI=1S/C24H29ClN6OS/c1-30-9-3-10-31(13-12-30)11-8-26-24-27-15-19(25)22(29-24)21-14-18-17(4-2-5-20(18)33-21)23(32)28-16-6-7-16/h2,4-5,14-16H,3,6-13H2,1H3,(H,28,32)(H,26,27,29). The van der Waals surface area contributed by atoms with Gasteiger partial charge < -0.3 is 20.4 Å². The van der Waals surface area contributed by atoms with Gasteiger partial charge >= 0.3 is 0 Å². The number of benzene rings is 1. The van der Waals surface area contributed by atoms with E-state index in [9.17, 15) is 4.79 Å². The molecule has 2 aromatic heterocycles. The molecule has 1 amide bonds. The quantitative estimate of drug-likeness (QED) is 0.529. The predicted octanol–water partition coefficient (Wildman–Crippen LogP) is 3.95. The fraction of sp³-hybridized carbons (Fsp3) is 0.458. The zero-order chi connectivity index (χ0) is 22.8. The lowest BCUT2D eigenvalue weighted by Gasteiger charge is -2.20. The second kappa shape index (κ2) is 9.93. The van der Waals surface area contributed by atoms with Crippen molar-refractivity contribution in [2.75, 3.05) is 51.6 Å². The highest BCUT2D eigenvalue weighted by atomic mass is 35.5. The van der Waals surface area contributed by atoms with Gasteiger partial charge in [0.15, 0.2) is 0 Å². The van der Waals surface area contributed by atoms with Gasteiger partial charge in [0.25, 0.3) is 5.91 Å². The first-order chi connectivity index (χ1) is 16.1. The Morgan fingerprint density at radius 1 is 1.24 bits per heavy atom. The van der Waals surface area contributed by atoms with E-state index < -0.39 is 0 Å². The van der Waals surface area contributed by atoms with E-state index in [4.69, 9.17) is 16.6 Å². The van der Waals surface area contributed by atoms with E-state index in [0.717, 1.165) is 67.1 Å². The van der Waals surface area contributed by atoms with Crippen LogP contribution in [0.3, 0.4) is 0 Å². The number of carbonyl (C=O) groups is 1. The molecule has 1 saturated heterocycles. The van der Waals surface area contributed by atoms with Gasteiger partial charge in [0.2, 0.25) is 5.95 Å². The van der Waals surface area contributed by atoms with Crippen LogP contribution in [-0.2, 0) is 0 Å². The number of hydrogen-bond acceptors (Lipinski definition) is 7. The van der Waals surface area contributed by atoms with Crippen molar-refractivity contribution >= 4 is 44.9 Å². The zero-order valence-corrected chi connectivity index (χ0v) is 20.4. The first-order valence-corrected chi connectivity index (χ1v) is 12.8. The van der Waals surface area contributed by atoms with Crippen molar-refractivity contribution < 1.29 is 4.79 Å². The van der Waals surface area contributed by atoms with Gasteiger partial charge in [0.05, 0.1) is 16.1 Å². The summed E-state index contributed by atoms with van der Waals surface area (Å²) in [6.07, 6.45) is 4.98. The molecule has 9 heteroatoms. The van der Waals surface area contributed by atoms with Crippen molar-refractivity contribution in [1.82, 2.24) is 25.1 Å². The van der Waals surface area contributed by atoms with Crippen LogP contribution in [0.15, 0.2) is 30.5 Å². The zero-order valence-electron chi connectivity index (χ0n) is 18.8. The first-order valence-electron chi connectivity index (χ1n) is 11.6.